The van der Waals surface area contributed by atoms with Gasteiger partial charge in [0.25, 0.3) is 5.91 Å². The summed E-state index contributed by atoms with van der Waals surface area (Å²) in [5.41, 5.74) is 6.67. The molecule has 1 amide bonds. The summed E-state index contributed by atoms with van der Waals surface area (Å²) >= 11 is 10.9. The Morgan fingerprint density at radius 3 is 2.60 bits per heavy atom. The van der Waals surface area contributed by atoms with Crippen LogP contribution < -0.4 is 11.1 Å². The molecule has 0 bridgehead atoms. The van der Waals surface area contributed by atoms with Crippen LogP contribution in [0.5, 0.6) is 0 Å². The average molecular weight is 309 g/mol. The standard InChI is InChI=1S/C14H10ClFN2OS/c15-11-5-4-8(13(17)20)7-12(11)18-14(19)9-2-1-3-10(16)6-9/h1-7H,(H2,17,20)(H,18,19). The van der Waals surface area contributed by atoms with Crippen molar-refractivity contribution in [1.82, 2.24) is 0 Å². The monoisotopic (exact) mass is 308 g/mol. The normalized spacial score (nSPS) is 10.1. The lowest BCUT2D eigenvalue weighted by Gasteiger charge is -2.09. The molecule has 0 aliphatic rings. The van der Waals surface area contributed by atoms with Crippen LogP contribution in [0.25, 0.3) is 0 Å². The van der Waals surface area contributed by atoms with E-state index in [-0.39, 0.29) is 10.6 Å². The fourth-order valence-electron chi connectivity index (χ4n) is 1.60. The molecule has 0 aromatic heterocycles. The van der Waals surface area contributed by atoms with Gasteiger partial charge in [-0.25, -0.2) is 4.39 Å². The van der Waals surface area contributed by atoms with E-state index in [1.807, 2.05) is 0 Å². The third-order valence-electron chi connectivity index (χ3n) is 2.59. The quantitative estimate of drug-likeness (QED) is 0.855. The zero-order valence-electron chi connectivity index (χ0n) is 10.2. The van der Waals surface area contributed by atoms with Crippen molar-refractivity contribution in [3.63, 3.8) is 0 Å². The highest BCUT2D eigenvalue weighted by Crippen LogP contribution is 2.23. The molecule has 0 atom stereocenters. The number of hydrogen-bond acceptors (Lipinski definition) is 2. The predicted molar refractivity (Wildman–Crippen MR) is 81.7 cm³/mol. The third kappa shape index (κ3) is 3.31. The second kappa shape index (κ2) is 5.98. The molecule has 0 radical (unpaired) electrons. The van der Waals surface area contributed by atoms with Crippen LogP contribution in [0.4, 0.5) is 10.1 Å². The lowest BCUT2D eigenvalue weighted by atomic mass is 10.1. The van der Waals surface area contributed by atoms with E-state index >= 15 is 0 Å². The van der Waals surface area contributed by atoms with E-state index in [2.05, 4.69) is 5.32 Å². The lowest BCUT2D eigenvalue weighted by Crippen LogP contribution is -2.14. The molecule has 0 aliphatic carbocycles. The van der Waals surface area contributed by atoms with Crippen LogP contribution in [0.3, 0.4) is 0 Å². The Bertz CT molecular complexity index is 691. The molecule has 6 heteroatoms. The summed E-state index contributed by atoms with van der Waals surface area (Å²) in [6.07, 6.45) is 0. The van der Waals surface area contributed by atoms with Crippen molar-refractivity contribution in [3.05, 3.63) is 64.4 Å². The van der Waals surface area contributed by atoms with Crippen molar-refractivity contribution < 1.29 is 9.18 Å². The van der Waals surface area contributed by atoms with E-state index in [4.69, 9.17) is 29.6 Å². The summed E-state index contributed by atoms with van der Waals surface area (Å²) in [4.78, 5) is 12.2. The van der Waals surface area contributed by atoms with Gasteiger partial charge in [0.1, 0.15) is 10.8 Å². The first-order valence-electron chi connectivity index (χ1n) is 5.63. The molecule has 102 valence electrons. The Labute approximate surface area is 125 Å². The Hall–Kier alpha value is -1.98. The van der Waals surface area contributed by atoms with E-state index in [0.29, 0.717) is 16.3 Å². The van der Waals surface area contributed by atoms with Crippen LogP contribution in [0, 0.1) is 5.82 Å². The minimum atomic E-state index is -0.486. The number of nitrogens with two attached hydrogens (primary N) is 1. The first-order valence-corrected chi connectivity index (χ1v) is 6.42. The summed E-state index contributed by atoms with van der Waals surface area (Å²) in [6, 6.07) is 10.2. The fourth-order valence-corrected chi connectivity index (χ4v) is 1.89. The number of halogens is 2. The van der Waals surface area contributed by atoms with Gasteiger partial charge in [-0.05, 0) is 30.3 Å². The van der Waals surface area contributed by atoms with Gasteiger partial charge >= 0.3 is 0 Å². The maximum Gasteiger partial charge on any atom is 0.255 e. The lowest BCUT2D eigenvalue weighted by molar-refractivity contribution is 0.102. The second-order valence-corrected chi connectivity index (χ2v) is 4.87. The molecule has 3 nitrogen and oxygen atoms in total. The average Bonchev–Trinajstić information content (AvgIpc) is 2.41. The van der Waals surface area contributed by atoms with Crippen LogP contribution in [0.2, 0.25) is 5.02 Å². The van der Waals surface area contributed by atoms with E-state index in [1.165, 1.54) is 18.2 Å². The number of thiocarbonyl (C=S) groups is 1. The Kier molecular flexibility index (Phi) is 4.32. The zero-order chi connectivity index (χ0) is 14.7. The van der Waals surface area contributed by atoms with E-state index in [9.17, 15) is 9.18 Å². The molecule has 2 rings (SSSR count). The van der Waals surface area contributed by atoms with Crippen LogP contribution >= 0.6 is 23.8 Å². The molecular weight excluding hydrogens is 299 g/mol. The maximum absolute atomic E-state index is 13.1. The first-order chi connectivity index (χ1) is 9.47. The zero-order valence-corrected chi connectivity index (χ0v) is 11.8. The van der Waals surface area contributed by atoms with Crippen LogP contribution in [-0.2, 0) is 0 Å². The molecule has 20 heavy (non-hydrogen) atoms. The minimum absolute atomic E-state index is 0.196. The van der Waals surface area contributed by atoms with Crippen molar-refractivity contribution >= 4 is 40.4 Å². The summed E-state index contributed by atoms with van der Waals surface area (Å²) in [5.74, 6) is -0.952. The highest BCUT2D eigenvalue weighted by atomic mass is 35.5. The van der Waals surface area contributed by atoms with Crippen molar-refractivity contribution in [3.8, 4) is 0 Å². The predicted octanol–water partition coefficient (Wildman–Crippen LogP) is 3.37. The van der Waals surface area contributed by atoms with Gasteiger partial charge in [0.2, 0.25) is 0 Å². The van der Waals surface area contributed by atoms with Crippen molar-refractivity contribution in [2.75, 3.05) is 5.32 Å². The van der Waals surface area contributed by atoms with Gasteiger partial charge in [0.05, 0.1) is 10.7 Å². The molecule has 0 fully saturated rings. The molecule has 2 aromatic rings. The highest BCUT2D eigenvalue weighted by molar-refractivity contribution is 7.80. The third-order valence-corrected chi connectivity index (χ3v) is 3.15. The molecule has 3 N–H and O–H groups in total. The fraction of sp³-hybridized carbons (Fsp3) is 0. The topological polar surface area (TPSA) is 55.1 Å². The Balaban J connectivity index is 2.27. The van der Waals surface area contributed by atoms with Gasteiger partial charge < -0.3 is 11.1 Å². The van der Waals surface area contributed by atoms with Crippen LogP contribution in [0.15, 0.2) is 42.5 Å². The number of nitrogens with one attached hydrogen (secondary N) is 1. The van der Waals surface area contributed by atoms with E-state index < -0.39 is 11.7 Å². The molecule has 0 unspecified atom stereocenters. The van der Waals surface area contributed by atoms with Crippen molar-refractivity contribution in [2.24, 2.45) is 5.73 Å². The number of rotatable bonds is 3. The molecule has 2 aromatic carbocycles. The van der Waals surface area contributed by atoms with Gasteiger partial charge in [-0.1, -0.05) is 36.0 Å². The SMILES string of the molecule is NC(=S)c1ccc(Cl)c(NC(=O)c2cccc(F)c2)c1. The molecule has 0 saturated carbocycles. The van der Waals surface area contributed by atoms with Gasteiger partial charge in [-0.2, -0.15) is 0 Å². The first kappa shape index (κ1) is 14.4. The van der Waals surface area contributed by atoms with Gasteiger partial charge in [-0.15, -0.1) is 0 Å². The minimum Gasteiger partial charge on any atom is -0.389 e. The summed E-state index contributed by atoms with van der Waals surface area (Å²) in [5, 5.41) is 2.94. The summed E-state index contributed by atoms with van der Waals surface area (Å²) in [6.45, 7) is 0. The smallest absolute Gasteiger partial charge is 0.255 e. The van der Waals surface area contributed by atoms with Crippen molar-refractivity contribution in [2.45, 2.75) is 0 Å². The largest absolute Gasteiger partial charge is 0.389 e. The van der Waals surface area contributed by atoms with E-state index in [1.54, 1.807) is 18.2 Å². The number of carbonyl (C=O) groups is 1. The summed E-state index contributed by atoms with van der Waals surface area (Å²) < 4.78 is 13.1. The van der Waals surface area contributed by atoms with Gasteiger partial charge in [0.15, 0.2) is 0 Å². The Morgan fingerprint density at radius 1 is 1.20 bits per heavy atom. The molecule has 0 spiro atoms. The number of anilines is 1. The van der Waals surface area contributed by atoms with Crippen LogP contribution in [0.1, 0.15) is 15.9 Å². The maximum atomic E-state index is 13.1. The Morgan fingerprint density at radius 2 is 1.95 bits per heavy atom. The van der Waals surface area contributed by atoms with E-state index in [0.717, 1.165) is 6.07 Å². The molecular formula is C14H10ClFN2OS. The molecule has 0 aliphatic heterocycles. The second-order valence-electron chi connectivity index (χ2n) is 4.02. The number of hydrogen-bond donors (Lipinski definition) is 2. The molecule has 0 heterocycles. The van der Waals surface area contributed by atoms with Gasteiger partial charge in [0, 0.05) is 11.1 Å². The highest BCUT2D eigenvalue weighted by Gasteiger charge is 2.10. The summed E-state index contributed by atoms with van der Waals surface area (Å²) in [7, 11) is 0. The number of benzene rings is 2. The number of amides is 1. The van der Waals surface area contributed by atoms with Gasteiger partial charge in [-0.3, -0.25) is 4.79 Å². The molecule has 0 saturated heterocycles. The van der Waals surface area contributed by atoms with Crippen molar-refractivity contribution in [1.29, 1.82) is 0 Å². The van der Waals surface area contributed by atoms with Crippen LogP contribution in [-0.4, -0.2) is 10.9 Å². The number of carbonyl (C=O) groups excluding carboxylic acids is 1.